The van der Waals surface area contributed by atoms with Gasteiger partial charge in [0.2, 0.25) is 0 Å². The highest BCUT2D eigenvalue weighted by molar-refractivity contribution is 5.71. The molecule has 0 bridgehead atoms. The van der Waals surface area contributed by atoms with Crippen LogP contribution in [0.1, 0.15) is 348 Å². The average Bonchev–Trinajstić information content (AvgIpc) is 3.46. The van der Waals surface area contributed by atoms with Crippen molar-refractivity contribution in [2.24, 2.45) is 0 Å². The summed E-state index contributed by atoms with van der Waals surface area (Å²) >= 11 is 0. The third-order valence-corrected chi connectivity index (χ3v) is 15.2. The molecule has 0 aliphatic carbocycles. The summed E-state index contributed by atoms with van der Waals surface area (Å²) in [6, 6.07) is 0. The number of esters is 3. The Labute approximate surface area is 496 Å². The number of hydrogen-bond acceptors (Lipinski definition) is 6. The Bertz CT molecular complexity index is 1520. The van der Waals surface area contributed by atoms with Gasteiger partial charge in [0, 0.05) is 19.3 Å². The number of carbonyl (C=O) groups excluding carboxylic acids is 3. The van der Waals surface area contributed by atoms with Gasteiger partial charge in [-0.15, -0.1) is 0 Å². The highest BCUT2D eigenvalue weighted by Crippen LogP contribution is 2.18. The molecular weight excluding hydrogens is 985 g/mol. The van der Waals surface area contributed by atoms with Crippen molar-refractivity contribution >= 4 is 17.9 Å². The molecule has 1 atom stereocenters. The molecule has 0 saturated carbocycles. The van der Waals surface area contributed by atoms with Crippen LogP contribution < -0.4 is 0 Å². The molecule has 80 heavy (non-hydrogen) atoms. The van der Waals surface area contributed by atoms with E-state index in [9.17, 15) is 14.4 Å². The topological polar surface area (TPSA) is 78.9 Å². The molecule has 0 aliphatic heterocycles. The minimum atomic E-state index is -0.799. The Kier molecular flexibility index (Phi) is 65.2. The average molecular weight is 1120 g/mol. The van der Waals surface area contributed by atoms with Crippen LogP contribution in [0.5, 0.6) is 0 Å². The van der Waals surface area contributed by atoms with Gasteiger partial charge in [0.05, 0.1) is 0 Å². The molecule has 462 valence electrons. The van der Waals surface area contributed by atoms with E-state index in [-0.39, 0.29) is 37.5 Å². The molecule has 6 heteroatoms. The lowest BCUT2D eigenvalue weighted by Gasteiger charge is -2.18. The minimum absolute atomic E-state index is 0.0898. The van der Waals surface area contributed by atoms with Gasteiger partial charge < -0.3 is 14.2 Å². The molecule has 0 spiro atoms. The highest BCUT2D eigenvalue weighted by atomic mass is 16.6. The molecule has 0 fully saturated rings. The van der Waals surface area contributed by atoms with Gasteiger partial charge in [-0.2, -0.15) is 0 Å². The maximum absolute atomic E-state index is 13.0. The van der Waals surface area contributed by atoms with Crippen LogP contribution in [-0.2, 0) is 28.6 Å². The normalized spacial score (nSPS) is 12.6. The lowest BCUT2D eigenvalue weighted by molar-refractivity contribution is -0.167. The largest absolute Gasteiger partial charge is 0.462 e. The van der Waals surface area contributed by atoms with Crippen molar-refractivity contribution in [3.8, 4) is 0 Å². The molecule has 0 amide bonds. The van der Waals surface area contributed by atoms with E-state index in [2.05, 4.69) is 106 Å². The molecule has 0 N–H and O–H groups in total. The summed E-state index contributed by atoms with van der Waals surface area (Å²) in [4.78, 5) is 38.4. The maximum atomic E-state index is 13.0. The van der Waals surface area contributed by atoms with Crippen molar-refractivity contribution in [3.63, 3.8) is 0 Å². The second-order valence-corrected chi connectivity index (χ2v) is 23.1. The Morgan fingerprint density at radius 3 is 0.762 bits per heavy atom. The van der Waals surface area contributed by atoms with Gasteiger partial charge >= 0.3 is 17.9 Å². The molecule has 0 aromatic carbocycles. The van der Waals surface area contributed by atoms with E-state index >= 15 is 0 Å². The van der Waals surface area contributed by atoms with E-state index in [1.54, 1.807) is 0 Å². The zero-order chi connectivity index (χ0) is 57.8. The molecule has 0 rings (SSSR count). The molecule has 1 unspecified atom stereocenters. The molecule has 0 saturated heterocycles. The molecule has 0 radical (unpaired) electrons. The number of hydrogen-bond donors (Lipinski definition) is 0. The lowest BCUT2D eigenvalue weighted by Crippen LogP contribution is -2.30. The SMILES string of the molecule is CC/C=C\C/C=C\C/C=C\C/C=C\C/C=C\C/C=C\C/C=C\CCCC(=O)OCC(COC(=O)CCCCCCCCCCCCCCCCCC)OC(=O)CCCCCCCCCCCCCCCCCCCCCCCCC. The van der Waals surface area contributed by atoms with Gasteiger partial charge in [-0.3, -0.25) is 14.4 Å². The third kappa shape index (κ3) is 65.4. The molecule has 6 nitrogen and oxygen atoms in total. The van der Waals surface area contributed by atoms with E-state index in [4.69, 9.17) is 14.2 Å². The summed E-state index contributed by atoms with van der Waals surface area (Å²) in [7, 11) is 0. The van der Waals surface area contributed by atoms with Crippen molar-refractivity contribution in [3.05, 3.63) is 85.1 Å². The van der Waals surface area contributed by atoms with Crippen molar-refractivity contribution < 1.29 is 28.6 Å². The Balaban J connectivity index is 4.41. The van der Waals surface area contributed by atoms with Gasteiger partial charge in [0.1, 0.15) is 13.2 Å². The number of carbonyl (C=O) groups is 3. The van der Waals surface area contributed by atoms with E-state index in [1.807, 2.05) is 0 Å². The zero-order valence-corrected chi connectivity index (χ0v) is 53.1. The fraction of sp³-hybridized carbons (Fsp3) is 0.770. The Morgan fingerprint density at radius 1 is 0.263 bits per heavy atom. The predicted molar refractivity (Wildman–Crippen MR) is 348 cm³/mol. The highest BCUT2D eigenvalue weighted by Gasteiger charge is 2.19. The number of allylic oxidation sites excluding steroid dienone is 14. The van der Waals surface area contributed by atoms with Gasteiger partial charge in [-0.1, -0.05) is 343 Å². The van der Waals surface area contributed by atoms with Gasteiger partial charge in [-0.05, 0) is 70.6 Å². The monoisotopic (exact) mass is 1110 g/mol. The van der Waals surface area contributed by atoms with Crippen LogP contribution in [0.15, 0.2) is 85.1 Å². The smallest absolute Gasteiger partial charge is 0.306 e. The maximum Gasteiger partial charge on any atom is 0.306 e. The Morgan fingerprint density at radius 2 is 0.487 bits per heavy atom. The van der Waals surface area contributed by atoms with Crippen molar-refractivity contribution in [2.75, 3.05) is 13.2 Å². The van der Waals surface area contributed by atoms with Gasteiger partial charge in [-0.25, -0.2) is 0 Å². The van der Waals surface area contributed by atoms with E-state index in [1.165, 1.54) is 212 Å². The second-order valence-electron chi connectivity index (χ2n) is 23.1. The summed E-state index contributed by atoms with van der Waals surface area (Å²) < 4.78 is 16.9. The summed E-state index contributed by atoms with van der Waals surface area (Å²) in [6.45, 7) is 6.54. The van der Waals surface area contributed by atoms with Gasteiger partial charge in [0.25, 0.3) is 0 Å². The predicted octanol–water partition coefficient (Wildman–Crippen LogP) is 23.8. The first-order valence-electron chi connectivity index (χ1n) is 34.6. The number of ether oxygens (including phenoxy) is 3. The van der Waals surface area contributed by atoms with Crippen LogP contribution in [0, 0.1) is 0 Å². The molecule has 0 aromatic heterocycles. The quantitative estimate of drug-likeness (QED) is 0.0261. The van der Waals surface area contributed by atoms with Crippen LogP contribution in [-0.4, -0.2) is 37.2 Å². The fourth-order valence-corrected chi connectivity index (χ4v) is 10.0. The summed E-state index contributed by atoms with van der Waals surface area (Å²) in [6.07, 6.45) is 90.4. The minimum Gasteiger partial charge on any atom is -0.462 e. The van der Waals surface area contributed by atoms with Crippen molar-refractivity contribution in [1.82, 2.24) is 0 Å². The lowest BCUT2D eigenvalue weighted by atomic mass is 10.0. The zero-order valence-electron chi connectivity index (χ0n) is 53.1. The molecular formula is C74H130O6. The summed E-state index contributed by atoms with van der Waals surface area (Å²) in [5.74, 6) is -0.931. The van der Waals surface area contributed by atoms with Crippen LogP contribution in [0.2, 0.25) is 0 Å². The standard InChI is InChI=1S/C74H130O6/c1-4-7-10-13-16-19-22-25-28-31-33-35-37-39-41-43-46-49-52-55-58-61-64-67-73(76)79-70-71(69-78-72(75)66-63-60-57-54-51-48-45-30-27-24-21-18-15-12-9-6-3)80-74(77)68-65-62-59-56-53-50-47-44-42-40-38-36-34-32-29-26-23-20-17-14-11-8-5-2/h7,10,16,19,25,28,33,35,39,41,46,49,55,58,71H,4-6,8-9,11-15,17-18,20-24,26-27,29-32,34,36-38,40,42-45,47-48,50-54,56-57,59-70H2,1-3H3/b10-7-,19-16-,28-25-,35-33-,41-39-,49-46-,58-55-. The first kappa shape index (κ1) is 76.6. The molecule has 0 heterocycles. The van der Waals surface area contributed by atoms with Crippen molar-refractivity contribution in [1.29, 1.82) is 0 Å². The van der Waals surface area contributed by atoms with Crippen molar-refractivity contribution in [2.45, 2.75) is 354 Å². The van der Waals surface area contributed by atoms with E-state index in [0.717, 1.165) is 89.9 Å². The first-order valence-corrected chi connectivity index (χ1v) is 34.6. The first-order chi connectivity index (χ1) is 39.5. The van der Waals surface area contributed by atoms with Crippen LogP contribution >= 0.6 is 0 Å². The Hall–Kier alpha value is -3.41. The van der Waals surface area contributed by atoms with E-state index in [0.29, 0.717) is 19.3 Å². The fourth-order valence-electron chi connectivity index (χ4n) is 10.0. The van der Waals surface area contributed by atoms with E-state index < -0.39 is 6.10 Å². The third-order valence-electron chi connectivity index (χ3n) is 15.2. The van der Waals surface area contributed by atoms with Gasteiger partial charge in [0.15, 0.2) is 6.10 Å². The summed E-state index contributed by atoms with van der Waals surface area (Å²) in [5.41, 5.74) is 0. The van der Waals surface area contributed by atoms with Crippen LogP contribution in [0.25, 0.3) is 0 Å². The second kappa shape index (κ2) is 68.1. The molecule has 0 aromatic rings. The van der Waals surface area contributed by atoms with Crippen LogP contribution in [0.3, 0.4) is 0 Å². The number of rotatable bonds is 63. The van der Waals surface area contributed by atoms with Crippen LogP contribution in [0.4, 0.5) is 0 Å². The number of unbranched alkanes of at least 4 members (excludes halogenated alkanes) is 38. The molecule has 0 aliphatic rings. The summed E-state index contributed by atoms with van der Waals surface area (Å²) in [5, 5.41) is 0.